The number of benzene rings is 1. The van der Waals surface area contributed by atoms with E-state index in [1.807, 2.05) is 0 Å². The molecule has 2 fully saturated rings. The van der Waals surface area contributed by atoms with Crippen molar-refractivity contribution < 1.29 is 26.3 Å². The Morgan fingerprint density at radius 1 is 1.04 bits per heavy atom. The van der Waals surface area contributed by atoms with Crippen LogP contribution in [-0.4, -0.2) is 67.7 Å². The standard InChI is InChI=1S/C18H25F3N2O3S2/c19-18(20,21)26-16-5-7-17(8-6-16)28(24,25)23-11-4-12-27-14-15(23)13-22-9-2-1-3-10-22/h5-8,15H,1-4,9-14H2. The van der Waals surface area contributed by atoms with Crippen molar-refractivity contribution in [3.05, 3.63) is 24.3 Å². The van der Waals surface area contributed by atoms with Crippen LogP contribution in [0.15, 0.2) is 29.2 Å². The summed E-state index contributed by atoms with van der Waals surface area (Å²) in [6.45, 7) is 3.09. The molecular formula is C18H25F3N2O3S2. The molecule has 0 N–H and O–H groups in total. The van der Waals surface area contributed by atoms with Crippen molar-refractivity contribution in [2.45, 2.75) is 43.0 Å². The fourth-order valence-electron chi connectivity index (χ4n) is 3.66. The normalized spacial score (nSPS) is 23.3. The molecule has 0 radical (unpaired) electrons. The van der Waals surface area contributed by atoms with Gasteiger partial charge in [-0.25, -0.2) is 8.42 Å². The zero-order chi connectivity index (χ0) is 20.2. The quantitative estimate of drug-likeness (QED) is 0.704. The molecule has 0 aromatic heterocycles. The lowest BCUT2D eigenvalue weighted by atomic mass is 10.1. The molecule has 10 heteroatoms. The number of nitrogens with zero attached hydrogens (tertiary/aromatic N) is 2. The van der Waals surface area contributed by atoms with E-state index in [0.29, 0.717) is 13.1 Å². The van der Waals surface area contributed by atoms with Crippen LogP contribution >= 0.6 is 11.8 Å². The molecule has 1 atom stereocenters. The van der Waals surface area contributed by atoms with Gasteiger partial charge in [-0.2, -0.15) is 16.1 Å². The first-order valence-corrected chi connectivity index (χ1v) is 12.0. The van der Waals surface area contributed by atoms with Crippen LogP contribution in [0, 0.1) is 0 Å². The zero-order valence-corrected chi connectivity index (χ0v) is 17.2. The highest BCUT2D eigenvalue weighted by Gasteiger charge is 2.35. The molecule has 0 saturated carbocycles. The summed E-state index contributed by atoms with van der Waals surface area (Å²) in [5.41, 5.74) is 0. The monoisotopic (exact) mass is 438 g/mol. The molecule has 2 heterocycles. The van der Waals surface area contributed by atoms with Crippen molar-refractivity contribution in [3.63, 3.8) is 0 Å². The summed E-state index contributed by atoms with van der Waals surface area (Å²) in [5, 5.41) is 0. The molecule has 3 rings (SSSR count). The Labute approximate surface area is 168 Å². The second kappa shape index (κ2) is 9.23. The number of piperidine rings is 1. The van der Waals surface area contributed by atoms with Gasteiger partial charge in [0, 0.05) is 24.9 Å². The molecule has 0 aliphatic carbocycles. The van der Waals surface area contributed by atoms with Crippen molar-refractivity contribution >= 4 is 21.8 Å². The average molecular weight is 439 g/mol. The summed E-state index contributed by atoms with van der Waals surface area (Å²) in [5.74, 6) is 1.20. The number of hydrogen-bond acceptors (Lipinski definition) is 5. The highest BCUT2D eigenvalue weighted by molar-refractivity contribution is 7.99. The van der Waals surface area contributed by atoms with Crippen LogP contribution < -0.4 is 4.74 Å². The first kappa shape index (κ1) is 21.7. The van der Waals surface area contributed by atoms with E-state index in [1.165, 1.54) is 18.6 Å². The molecule has 0 bridgehead atoms. The number of ether oxygens (including phenoxy) is 1. The minimum atomic E-state index is -4.80. The Bertz CT molecular complexity index is 735. The number of thioether (sulfide) groups is 1. The molecule has 28 heavy (non-hydrogen) atoms. The van der Waals surface area contributed by atoms with Gasteiger partial charge < -0.3 is 9.64 Å². The molecule has 1 unspecified atom stereocenters. The van der Waals surface area contributed by atoms with E-state index in [0.717, 1.165) is 56.0 Å². The topological polar surface area (TPSA) is 49.9 Å². The van der Waals surface area contributed by atoms with Crippen molar-refractivity contribution in [2.75, 3.05) is 37.7 Å². The van der Waals surface area contributed by atoms with Gasteiger partial charge in [-0.05, 0) is 62.4 Å². The smallest absolute Gasteiger partial charge is 0.406 e. The summed E-state index contributed by atoms with van der Waals surface area (Å²) in [7, 11) is -3.79. The van der Waals surface area contributed by atoms with Crippen LogP contribution in [0.1, 0.15) is 25.7 Å². The van der Waals surface area contributed by atoms with Gasteiger partial charge in [0.1, 0.15) is 5.75 Å². The second-order valence-electron chi connectivity index (χ2n) is 7.08. The van der Waals surface area contributed by atoms with E-state index in [4.69, 9.17) is 0 Å². The van der Waals surface area contributed by atoms with Crippen molar-refractivity contribution in [2.24, 2.45) is 0 Å². The van der Waals surface area contributed by atoms with Gasteiger partial charge in [0.05, 0.1) is 4.90 Å². The number of sulfonamides is 1. The van der Waals surface area contributed by atoms with Gasteiger partial charge in [0.2, 0.25) is 10.0 Å². The lowest BCUT2D eigenvalue weighted by Gasteiger charge is -2.35. The summed E-state index contributed by atoms with van der Waals surface area (Å²) in [6, 6.07) is 4.33. The van der Waals surface area contributed by atoms with Crippen molar-refractivity contribution in [1.82, 2.24) is 9.21 Å². The predicted molar refractivity (Wildman–Crippen MR) is 103 cm³/mol. The molecule has 2 aliphatic heterocycles. The fraction of sp³-hybridized carbons (Fsp3) is 0.667. The molecule has 158 valence electrons. The van der Waals surface area contributed by atoms with Crippen molar-refractivity contribution in [1.29, 1.82) is 0 Å². The SMILES string of the molecule is O=S(=O)(c1ccc(OC(F)(F)F)cc1)N1CCCSCC1CN1CCCCC1. The molecule has 2 aliphatic rings. The van der Waals surface area contributed by atoms with E-state index >= 15 is 0 Å². The van der Waals surface area contributed by atoms with Crippen LogP contribution in [0.2, 0.25) is 0 Å². The summed E-state index contributed by atoms with van der Waals surface area (Å²) in [4.78, 5) is 2.32. The molecular weight excluding hydrogens is 413 g/mol. The number of rotatable bonds is 5. The van der Waals surface area contributed by atoms with Crippen LogP contribution in [0.5, 0.6) is 5.75 Å². The van der Waals surface area contributed by atoms with Crippen LogP contribution in [-0.2, 0) is 10.0 Å². The summed E-state index contributed by atoms with van der Waals surface area (Å²) >= 11 is 1.76. The Hall–Kier alpha value is -0.970. The molecule has 1 aromatic carbocycles. The molecule has 1 aromatic rings. The minimum Gasteiger partial charge on any atom is -0.406 e. The lowest BCUT2D eigenvalue weighted by molar-refractivity contribution is -0.274. The summed E-state index contributed by atoms with van der Waals surface area (Å²) < 4.78 is 68.8. The van der Waals surface area contributed by atoms with E-state index < -0.39 is 22.1 Å². The van der Waals surface area contributed by atoms with Crippen LogP contribution in [0.25, 0.3) is 0 Å². The zero-order valence-electron chi connectivity index (χ0n) is 15.5. The number of alkyl halides is 3. The predicted octanol–water partition coefficient (Wildman–Crippen LogP) is 3.57. The van der Waals surface area contributed by atoms with Crippen LogP contribution in [0.3, 0.4) is 0 Å². The van der Waals surface area contributed by atoms with Gasteiger partial charge in [-0.15, -0.1) is 13.2 Å². The van der Waals surface area contributed by atoms with Gasteiger partial charge >= 0.3 is 6.36 Å². The van der Waals surface area contributed by atoms with E-state index in [-0.39, 0.29) is 10.9 Å². The van der Waals surface area contributed by atoms with E-state index in [9.17, 15) is 21.6 Å². The minimum absolute atomic E-state index is 0.00225. The lowest BCUT2D eigenvalue weighted by Crippen LogP contribution is -2.49. The third kappa shape index (κ3) is 5.77. The maximum Gasteiger partial charge on any atom is 0.573 e. The molecule has 0 amide bonds. The number of hydrogen-bond donors (Lipinski definition) is 0. The fourth-order valence-corrected chi connectivity index (χ4v) is 6.46. The van der Waals surface area contributed by atoms with Gasteiger partial charge in [0.15, 0.2) is 0 Å². The highest BCUT2D eigenvalue weighted by atomic mass is 32.2. The van der Waals surface area contributed by atoms with Gasteiger partial charge in [0.25, 0.3) is 0 Å². The van der Waals surface area contributed by atoms with E-state index in [2.05, 4.69) is 9.64 Å². The highest BCUT2D eigenvalue weighted by Crippen LogP contribution is 2.28. The average Bonchev–Trinajstić information content (AvgIpc) is 2.88. The maximum atomic E-state index is 13.2. The Kier molecular flexibility index (Phi) is 7.17. The van der Waals surface area contributed by atoms with E-state index in [1.54, 1.807) is 16.1 Å². The van der Waals surface area contributed by atoms with Crippen molar-refractivity contribution in [3.8, 4) is 5.75 Å². The second-order valence-corrected chi connectivity index (χ2v) is 10.1. The Balaban J connectivity index is 1.78. The Morgan fingerprint density at radius 2 is 1.71 bits per heavy atom. The first-order valence-electron chi connectivity index (χ1n) is 9.43. The third-order valence-electron chi connectivity index (χ3n) is 4.97. The largest absolute Gasteiger partial charge is 0.573 e. The molecule has 0 spiro atoms. The first-order chi connectivity index (χ1) is 13.3. The maximum absolute atomic E-state index is 13.2. The van der Waals surface area contributed by atoms with Gasteiger partial charge in [-0.3, -0.25) is 0 Å². The number of likely N-dealkylation sites (tertiary alicyclic amines) is 1. The summed E-state index contributed by atoms with van der Waals surface area (Å²) in [6.07, 6.45) is -0.567. The Morgan fingerprint density at radius 3 is 2.36 bits per heavy atom. The van der Waals surface area contributed by atoms with Crippen LogP contribution in [0.4, 0.5) is 13.2 Å². The van der Waals surface area contributed by atoms with Gasteiger partial charge in [-0.1, -0.05) is 6.42 Å². The third-order valence-corrected chi connectivity index (χ3v) is 8.13. The number of halogens is 3. The molecule has 2 saturated heterocycles. The molecule has 5 nitrogen and oxygen atoms in total.